The quantitative estimate of drug-likeness (QED) is 0.821. The first kappa shape index (κ1) is 16.6. The molecule has 0 saturated carbocycles. The number of hydrogen-bond donors (Lipinski definition) is 1. The summed E-state index contributed by atoms with van der Waals surface area (Å²) in [7, 11) is 1.59. The third kappa shape index (κ3) is 4.91. The van der Waals surface area contributed by atoms with E-state index in [4.69, 9.17) is 9.47 Å². The maximum Gasteiger partial charge on any atom is 0.410 e. The van der Waals surface area contributed by atoms with Crippen molar-refractivity contribution in [1.82, 2.24) is 4.90 Å². The van der Waals surface area contributed by atoms with Crippen molar-refractivity contribution < 1.29 is 19.4 Å². The molecule has 5 heteroatoms. The maximum absolute atomic E-state index is 12.2. The van der Waals surface area contributed by atoms with Gasteiger partial charge in [0, 0.05) is 19.7 Å². The van der Waals surface area contributed by atoms with E-state index < -0.39 is 0 Å². The molecule has 1 aliphatic heterocycles. The number of likely N-dealkylation sites (tertiary alicyclic amines) is 1. The molecular formula is C17H25NO4. The van der Waals surface area contributed by atoms with Crippen molar-refractivity contribution in [3.05, 3.63) is 29.8 Å². The Labute approximate surface area is 131 Å². The number of hydrogen-bond acceptors (Lipinski definition) is 4. The normalized spacial score (nSPS) is 18.2. The lowest BCUT2D eigenvalue weighted by Gasteiger charge is -2.35. The van der Waals surface area contributed by atoms with Crippen molar-refractivity contribution in [3.63, 3.8) is 0 Å². The van der Waals surface area contributed by atoms with E-state index in [1.54, 1.807) is 19.2 Å². The van der Waals surface area contributed by atoms with Crippen LogP contribution in [0.15, 0.2) is 24.3 Å². The van der Waals surface area contributed by atoms with Crippen molar-refractivity contribution in [1.29, 1.82) is 0 Å². The fraction of sp³-hybridized carbons (Fsp3) is 0.588. The number of aromatic hydroxyl groups is 1. The lowest BCUT2D eigenvalue weighted by atomic mass is 9.96. The van der Waals surface area contributed by atoms with Crippen LogP contribution >= 0.6 is 0 Å². The number of rotatable bonds is 6. The summed E-state index contributed by atoms with van der Waals surface area (Å²) >= 11 is 0. The third-order valence-electron chi connectivity index (χ3n) is 4.08. The predicted molar refractivity (Wildman–Crippen MR) is 84.0 cm³/mol. The highest BCUT2D eigenvalue weighted by molar-refractivity contribution is 5.68. The van der Waals surface area contributed by atoms with Crippen LogP contribution < -0.4 is 0 Å². The Balaban J connectivity index is 1.86. The number of carbonyl (C=O) groups is 1. The van der Waals surface area contributed by atoms with Crippen LogP contribution in [-0.4, -0.2) is 49.0 Å². The van der Waals surface area contributed by atoms with E-state index in [0.29, 0.717) is 13.2 Å². The molecule has 1 aromatic carbocycles. The Kier molecular flexibility index (Phi) is 6.52. The zero-order chi connectivity index (χ0) is 15.8. The van der Waals surface area contributed by atoms with Gasteiger partial charge in [0.1, 0.15) is 12.4 Å². The summed E-state index contributed by atoms with van der Waals surface area (Å²) in [6, 6.07) is 7.50. The van der Waals surface area contributed by atoms with Crippen LogP contribution in [0.3, 0.4) is 0 Å². The molecule has 1 atom stereocenters. The molecule has 0 aliphatic carbocycles. The average molecular weight is 307 g/mol. The molecule has 0 radical (unpaired) electrons. The topological polar surface area (TPSA) is 59.0 Å². The van der Waals surface area contributed by atoms with Crippen LogP contribution in [0.2, 0.25) is 0 Å². The second kappa shape index (κ2) is 8.63. The van der Waals surface area contributed by atoms with Gasteiger partial charge in [-0.2, -0.15) is 0 Å². The number of carbonyl (C=O) groups excluding carboxylic acids is 1. The molecule has 0 bridgehead atoms. The van der Waals surface area contributed by atoms with Crippen molar-refractivity contribution >= 4 is 6.09 Å². The first-order valence-corrected chi connectivity index (χ1v) is 7.91. The lowest BCUT2D eigenvalue weighted by molar-refractivity contribution is 0.0511. The smallest absolute Gasteiger partial charge is 0.410 e. The molecule has 2 rings (SSSR count). The minimum absolute atomic E-state index is 0.229. The molecule has 0 unspecified atom stereocenters. The number of methoxy groups -OCH3 is 1. The van der Waals surface area contributed by atoms with E-state index in [0.717, 1.165) is 38.6 Å². The molecule has 1 N–H and O–H groups in total. The van der Waals surface area contributed by atoms with Crippen LogP contribution in [0.5, 0.6) is 5.75 Å². The number of aryl methyl sites for hydroxylation is 1. The Morgan fingerprint density at radius 3 is 2.77 bits per heavy atom. The summed E-state index contributed by atoms with van der Waals surface area (Å²) in [5.41, 5.74) is 1.18. The zero-order valence-corrected chi connectivity index (χ0v) is 13.2. The fourth-order valence-electron chi connectivity index (χ4n) is 2.83. The first-order valence-electron chi connectivity index (χ1n) is 7.91. The van der Waals surface area contributed by atoms with Crippen molar-refractivity contribution in [2.45, 2.75) is 38.1 Å². The van der Waals surface area contributed by atoms with Gasteiger partial charge in [0.2, 0.25) is 0 Å². The number of amides is 1. The number of phenolic OH excluding ortho intramolecular Hbond substituents is 1. The van der Waals surface area contributed by atoms with Crippen LogP contribution in [0.1, 0.15) is 31.2 Å². The van der Waals surface area contributed by atoms with Gasteiger partial charge in [0.15, 0.2) is 0 Å². The van der Waals surface area contributed by atoms with Crippen LogP contribution in [0, 0.1) is 0 Å². The second-order valence-electron chi connectivity index (χ2n) is 5.66. The molecule has 0 spiro atoms. The van der Waals surface area contributed by atoms with Crippen LogP contribution in [0.4, 0.5) is 4.79 Å². The zero-order valence-electron chi connectivity index (χ0n) is 13.2. The molecule has 1 saturated heterocycles. The van der Waals surface area contributed by atoms with Gasteiger partial charge >= 0.3 is 6.09 Å². The Hall–Kier alpha value is -1.75. The molecule has 22 heavy (non-hydrogen) atoms. The molecule has 1 amide bonds. The van der Waals surface area contributed by atoms with E-state index in [9.17, 15) is 9.90 Å². The van der Waals surface area contributed by atoms with Crippen molar-refractivity contribution in [2.75, 3.05) is 26.9 Å². The monoisotopic (exact) mass is 307 g/mol. The molecule has 1 fully saturated rings. The Morgan fingerprint density at radius 2 is 2.05 bits per heavy atom. The van der Waals surface area contributed by atoms with Gasteiger partial charge in [-0.15, -0.1) is 0 Å². The summed E-state index contributed by atoms with van der Waals surface area (Å²) < 4.78 is 10.2. The summed E-state index contributed by atoms with van der Waals surface area (Å²) in [5.74, 6) is 0.282. The summed E-state index contributed by atoms with van der Waals surface area (Å²) in [5, 5.41) is 9.31. The minimum Gasteiger partial charge on any atom is -0.508 e. The maximum atomic E-state index is 12.2. The Bertz CT molecular complexity index is 460. The van der Waals surface area contributed by atoms with Gasteiger partial charge in [0.25, 0.3) is 0 Å². The fourth-order valence-corrected chi connectivity index (χ4v) is 2.83. The highest BCUT2D eigenvalue weighted by Gasteiger charge is 2.27. The molecule has 0 aromatic heterocycles. The van der Waals surface area contributed by atoms with Crippen molar-refractivity contribution in [3.8, 4) is 5.75 Å². The van der Waals surface area contributed by atoms with Gasteiger partial charge < -0.3 is 19.5 Å². The summed E-state index contributed by atoms with van der Waals surface area (Å²) in [6.07, 6.45) is 4.80. The summed E-state index contributed by atoms with van der Waals surface area (Å²) in [4.78, 5) is 14.0. The van der Waals surface area contributed by atoms with E-state index in [-0.39, 0.29) is 17.9 Å². The average Bonchev–Trinajstić information content (AvgIpc) is 2.55. The number of ether oxygens (including phenoxy) is 2. The van der Waals surface area contributed by atoms with Crippen LogP contribution in [0.25, 0.3) is 0 Å². The number of phenols is 1. The van der Waals surface area contributed by atoms with E-state index in [1.165, 1.54) is 5.56 Å². The molecule has 1 heterocycles. The van der Waals surface area contributed by atoms with Gasteiger partial charge in [-0.3, -0.25) is 0 Å². The first-order chi connectivity index (χ1) is 10.7. The summed E-state index contributed by atoms with van der Waals surface area (Å²) in [6.45, 7) is 1.50. The largest absolute Gasteiger partial charge is 0.508 e. The highest BCUT2D eigenvalue weighted by Crippen LogP contribution is 2.22. The van der Waals surface area contributed by atoms with E-state index in [2.05, 4.69) is 0 Å². The Morgan fingerprint density at radius 1 is 1.27 bits per heavy atom. The second-order valence-corrected chi connectivity index (χ2v) is 5.66. The lowest BCUT2D eigenvalue weighted by Crippen LogP contribution is -2.44. The van der Waals surface area contributed by atoms with Gasteiger partial charge in [-0.1, -0.05) is 12.1 Å². The van der Waals surface area contributed by atoms with Gasteiger partial charge in [-0.25, -0.2) is 4.79 Å². The number of benzene rings is 1. The van der Waals surface area contributed by atoms with Gasteiger partial charge in [0.05, 0.1) is 6.61 Å². The molecule has 5 nitrogen and oxygen atoms in total. The number of nitrogens with zero attached hydrogens (tertiary/aromatic N) is 1. The van der Waals surface area contributed by atoms with Crippen LogP contribution in [-0.2, 0) is 15.9 Å². The SMILES string of the molecule is COCCOC(=O)N1CCCC[C@@H]1CCc1ccc(O)cc1. The third-order valence-corrected chi connectivity index (χ3v) is 4.08. The molecule has 1 aliphatic rings. The minimum atomic E-state index is -0.229. The number of piperidine rings is 1. The molecular weight excluding hydrogens is 282 g/mol. The highest BCUT2D eigenvalue weighted by atomic mass is 16.6. The predicted octanol–water partition coefficient (Wildman–Crippen LogP) is 2.96. The molecule has 122 valence electrons. The van der Waals surface area contributed by atoms with Crippen molar-refractivity contribution in [2.24, 2.45) is 0 Å². The van der Waals surface area contributed by atoms with Gasteiger partial charge in [-0.05, 0) is 49.8 Å². The molecule has 1 aromatic rings. The standard InChI is InChI=1S/C17H25NO4/c1-21-12-13-22-17(20)18-11-3-2-4-15(18)8-5-14-6-9-16(19)10-7-14/h6-7,9-10,15,19H,2-5,8,11-13H2,1H3/t15-/m1/s1. The van der Waals surface area contributed by atoms with E-state index >= 15 is 0 Å². The van der Waals surface area contributed by atoms with E-state index in [1.807, 2.05) is 17.0 Å².